The number of hydrogen-bond acceptors (Lipinski definition) is 1. The van der Waals surface area contributed by atoms with Crippen molar-refractivity contribution in [1.29, 1.82) is 0 Å². The van der Waals surface area contributed by atoms with Gasteiger partial charge in [0.1, 0.15) is 0 Å². The van der Waals surface area contributed by atoms with Crippen molar-refractivity contribution in [3.05, 3.63) is 12.2 Å². The van der Waals surface area contributed by atoms with E-state index in [9.17, 15) is 13.6 Å². The highest BCUT2D eigenvalue weighted by molar-refractivity contribution is 5.87. The van der Waals surface area contributed by atoms with Crippen molar-refractivity contribution >= 4 is 5.91 Å². The Labute approximate surface area is 69.6 Å². The molecule has 12 heavy (non-hydrogen) atoms. The first-order valence-electron chi connectivity index (χ1n) is 3.84. The molecule has 2 nitrogen and oxygen atoms in total. The number of hydrogen-bond donors (Lipinski definition) is 1. The smallest absolute Gasteiger partial charge is 0.252 e. The molecule has 1 fully saturated rings. The summed E-state index contributed by atoms with van der Waals surface area (Å²) in [4.78, 5) is 10.8. The monoisotopic (exact) mass is 175 g/mol. The summed E-state index contributed by atoms with van der Waals surface area (Å²) in [6, 6.07) is -0.344. The molecule has 0 aromatic carbocycles. The average Bonchev–Trinajstić information content (AvgIpc) is 1.83. The summed E-state index contributed by atoms with van der Waals surface area (Å²) < 4.78 is 24.5. The molecule has 1 aliphatic carbocycles. The number of carbonyl (C=O) groups excluding carboxylic acids is 1. The molecule has 0 aliphatic heterocycles. The minimum atomic E-state index is -2.56. The summed E-state index contributed by atoms with van der Waals surface area (Å²) in [5, 5.41) is 2.47. The summed E-state index contributed by atoms with van der Waals surface area (Å²) in [5.74, 6) is -2.86. The lowest BCUT2D eigenvalue weighted by Crippen LogP contribution is -2.50. The Bertz CT molecular complexity index is 205. The molecule has 0 bridgehead atoms. The maximum Gasteiger partial charge on any atom is 0.252 e. The van der Waals surface area contributed by atoms with Gasteiger partial charge in [-0.15, -0.1) is 0 Å². The molecule has 0 unspecified atom stereocenters. The van der Waals surface area contributed by atoms with Crippen LogP contribution in [0.4, 0.5) is 8.78 Å². The molecule has 68 valence electrons. The van der Waals surface area contributed by atoms with Crippen LogP contribution in [-0.2, 0) is 4.79 Å². The van der Waals surface area contributed by atoms with Crippen LogP contribution in [0.1, 0.15) is 19.8 Å². The average molecular weight is 175 g/mol. The summed E-state index contributed by atoms with van der Waals surface area (Å²) in [6.45, 7) is 1.70. The van der Waals surface area contributed by atoms with Crippen LogP contribution >= 0.6 is 0 Å². The molecule has 0 radical (unpaired) electrons. The number of nitrogens with one attached hydrogen (secondary N) is 1. The van der Waals surface area contributed by atoms with Gasteiger partial charge < -0.3 is 5.32 Å². The molecule has 4 heteroatoms. The van der Waals surface area contributed by atoms with Gasteiger partial charge in [0.15, 0.2) is 0 Å². The van der Waals surface area contributed by atoms with Gasteiger partial charge in [-0.3, -0.25) is 4.79 Å². The van der Waals surface area contributed by atoms with Crippen molar-refractivity contribution in [1.82, 2.24) is 5.32 Å². The predicted molar refractivity (Wildman–Crippen MR) is 40.9 cm³/mol. The van der Waals surface area contributed by atoms with E-state index in [2.05, 4.69) is 5.32 Å². The molecule has 0 aromatic rings. The molecule has 0 atom stereocenters. The summed E-state index contributed by atoms with van der Waals surface area (Å²) >= 11 is 0. The van der Waals surface area contributed by atoms with Crippen LogP contribution in [0.3, 0.4) is 0 Å². The summed E-state index contributed by atoms with van der Waals surface area (Å²) in [7, 11) is 0. The molecule has 0 spiro atoms. The zero-order chi connectivity index (χ0) is 9.19. The lowest BCUT2D eigenvalue weighted by molar-refractivity contribution is -0.124. The quantitative estimate of drug-likeness (QED) is 0.633. The lowest BCUT2D eigenvalue weighted by atomic mass is 9.88. The van der Waals surface area contributed by atoms with Crippen LogP contribution in [0.15, 0.2) is 12.2 Å². The molecule has 1 amide bonds. The largest absolute Gasteiger partial charge is 0.349 e. The van der Waals surface area contributed by atoms with Gasteiger partial charge in [-0.2, -0.15) is 0 Å². The fraction of sp³-hybridized carbons (Fsp3) is 0.625. The zero-order valence-corrected chi connectivity index (χ0v) is 6.81. The number of amides is 1. The first kappa shape index (κ1) is 9.16. The SMILES string of the molecule is C/C=C/C(=O)NC1CC(F)(F)C1. The lowest BCUT2D eigenvalue weighted by Gasteiger charge is -2.34. The maximum atomic E-state index is 12.3. The molecular formula is C8H11F2NO. The van der Waals surface area contributed by atoms with E-state index in [-0.39, 0.29) is 24.8 Å². The van der Waals surface area contributed by atoms with Gasteiger partial charge in [-0.05, 0) is 13.0 Å². The fourth-order valence-corrected chi connectivity index (χ4v) is 1.16. The van der Waals surface area contributed by atoms with E-state index in [1.54, 1.807) is 13.0 Å². The molecule has 1 rings (SSSR count). The van der Waals surface area contributed by atoms with E-state index in [1.807, 2.05) is 0 Å². The van der Waals surface area contributed by atoms with Crippen LogP contribution in [0.25, 0.3) is 0 Å². The third-order valence-corrected chi connectivity index (χ3v) is 1.75. The molecule has 1 saturated carbocycles. The van der Waals surface area contributed by atoms with Crippen molar-refractivity contribution in [2.45, 2.75) is 31.7 Å². The zero-order valence-electron chi connectivity index (χ0n) is 6.81. The molecule has 0 saturated heterocycles. The van der Waals surface area contributed by atoms with E-state index in [1.165, 1.54) is 6.08 Å². The Morgan fingerprint density at radius 1 is 1.58 bits per heavy atom. The molecule has 1 aliphatic rings. The van der Waals surface area contributed by atoms with Gasteiger partial charge in [-0.1, -0.05) is 6.08 Å². The normalized spacial score (nSPS) is 22.2. The Morgan fingerprint density at radius 2 is 2.17 bits per heavy atom. The van der Waals surface area contributed by atoms with E-state index in [0.29, 0.717) is 0 Å². The van der Waals surface area contributed by atoms with Crippen molar-refractivity contribution in [2.75, 3.05) is 0 Å². The molecule has 0 aromatic heterocycles. The number of rotatable bonds is 2. The van der Waals surface area contributed by atoms with Crippen LogP contribution < -0.4 is 5.32 Å². The Balaban J connectivity index is 2.23. The molecule has 0 heterocycles. The maximum absolute atomic E-state index is 12.3. The summed E-state index contributed by atoms with van der Waals surface area (Å²) in [6.07, 6.45) is 2.45. The third kappa shape index (κ3) is 2.29. The van der Waals surface area contributed by atoms with Gasteiger partial charge in [0.05, 0.1) is 0 Å². The van der Waals surface area contributed by atoms with Gasteiger partial charge in [0, 0.05) is 18.9 Å². The standard InChI is InChI=1S/C8H11F2NO/c1-2-3-7(12)11-6-4-8(9,10)5-6/h2-3,6H,4-5H2,1H3,(H,11,12)/b3-2+. The number of alkyl halides is 2. The van der Waals surface area contributed by atoms with E-state index in [0.717, 1.165) is 0 Å². The van der Waals surface area contributed by atoms with Crippen molar-refractivity contribution in [3.63, 3.8) is 0 Å². The van der Waals surface area contributed by atoms with E-state index in [4.69, 9.17) is 0 Å². The topological polar surface area (TPSA) is 29.1 Å². The van der Waals surface area contributed by atoms with Crippen LogP contribution in [0, 0.1) is 0 Å². The summed E-state index contributed by atoms with van der Waals surface area (Å²) in [5.41, 5.74) is 0. The van der Waals surface area contributed by atoms with Gasteiger partial charge in [-0.25, -0.2) is 8.78 Å². The molecule has 1 N–H and O–H groups in total. The van der Waals surface area contributed by atoms with Gasteiger partial charge >= 0.3 is 0 Å². The van der Waals surface area contributed by atoms with E-state index >= 15 is 0 Å². The van der Waals surface area contributed by atoms with Crippen LogP contribution in [-0.4, -0.2) is 17.9 Å². The van der Waals surface area contributed by atoms with E-state index < -0.39 is 5.92 Å². The van der Waals surface area contributed by atoms with Crippen molar-refractivity contribution in [2.24, 2.45) is 0 Å². The first-order chi connectivity index (χ1) is 5.53. The number of halogens is 2. The highest BCUT2D eigenvalue weighted by atomic mass is 19.3. The minimum absolute atomic E-state index is 0.226. The highest BCUT2D eigenvalue weighted by Crippen LogP contribution is 2.37. The minimum Gasteiger partial charge on any atom is -0.349 e. The number of carbonyl (C=O) groups is 1. The second-order valence-electron chi connectivity index (χ2n) is 2.97. The van der Waals surface area contributed by atoms with Crippen molar-refractivity contribution < 1.29 is 13.6 Å². The Hall–Kier alpha value is -0.930. The molecular weight excluding hydrogens is 164 g/mol. The fourth-order valence-electron chi connectivity index (χ4n) is 1.16. The second-order valence-corrected chi connectivity index (χ2v) is 2.97. The van der Waals surface area contributed by atoms with Gasteiger partial charge in [0.2, 0.25) is 5.91 Å². The first-order valence-corrected chi connectivity index (χ1v) is 3.84. The predicted octanol–water partition coefficient (Wildman–Crippen LogP) is 1.48. The van der Waals surface area contributed by atoms with Crippen LogP contribution in [0.5, 0.6) is 0 Å². The highest BCUT2D eigenvalue weighted by Gasteiger charge is 2.45. The third-order valence-electron chi connectivity index (χ3n) is 1.75. The van der Waals surface area contributed by atoms with Crippen LogP contribution in [0.2, 0.25) is 0 Å². The number of allylic oxidation sites excluding steroid dienone is 1. The Kier molecular flexibility index (Phi) is 2.45. The Morgan fingerprint density at radius 3 is 2.58 bits per heavy atom. The van der Waals surface area contributed by atoms with Crippen molar-refractivity contribution in [3.8, 4) is 0 Å². The second kappa shape index (κ2) is 3.21. The van der Waals surface area contributed by atoms with Gasteiger partial charge in [0.25, 0.3) is 5.92 Å².